The zero-order valence-electron chi connectivity index (χ0n) is 11.4. The van der Waals surface area contributed by atoms with Gasteiger partial charge in [-0.3, -0.25) is 0 Å². The van der Waals surface area contributed by atoms with Crippen LogP contribution in [0.4, 0.5) is 0 Å². The lowest BCUT2D eigenvalue weighted by Gasteiger charge is -2.33. The van der Waals surface area contributed by atoms with Crippen LogP contribution in [0.1, 0.15) is 39.5 Å². The summed E-state index contributed by atoms with van der Waals surface area (Å²) in [6.45, 7) is 6.89. The molecule has 3 nitrogen and oxygen atoms in total. The van der Waals surface area contributed by atoms with E-state index in [0.717, 1.165) is 13.1 Å². The Morgan fingerprint density at radius 1 is 1.19 bits per heavy atom. The topological polar surface area (TPSA) is 41.3 Å². The van der Waals surface area contributed by atoms with Gasteiger partial charge in [0, 0.05) is 25.2 Å². The molecule has 1 aliphatic carbocycles. The summed E-state index contributed by atoms with van der Waals surface area (Å²) in [5.74, 6) is 0. The Morgan fingerprint density at radius 3 is 2.25 bits per heavy atom. The second kappa shape index (κ2) is 5.99. The maximum absolute atomic E-state index is 5.91. The maximum Gasteiger partial charge on any atom is 0.00684 e. The second-order valence-corrected chi connectivity index (χ2v) is 6.39. The zero-order chi connectivity index (χ0) is 12.2. The van der Waals surface area contributed by atoms with E-state index in [-0.39, 0.29) is 0 Å². The summed E-state index contributed by atoms with van der Waals surface area (Å²) in [5.41, 5.74) is 6.26. The van der Waals surface area contributed by atoms with Gasteiger partial charge in [0.25, 0.3) is 0 Å². The quantitative estimate of drug-likeness (QED) is 0.746. The molecule has 0 aromatic carbocycles. The normalized spacial score (nSPS) is 27.4. The summed E-state index contributed by atoms with van der Waals surface area (Å²) in [7, 11) is 4.28. The highest BCUT2D eigenvalue weighted by molar-refractivity contribution is 4.82. The first-order valence-electron chi connectivity index (χ1n) is 6.53. The molecule has 96 valence electrons. The monoisotopic (exact) mass is 227 g/mol. The standard InChI is InChI=1S/C13H29N3/c1-13(2,10-16(3)4)9-15-12-7-5-11(14)6-8-12/h11-12,15H,5-10,14H2,1-4H3. The molecule has 3 N–H and O–H groups in total. The van der Waals surface area contributed by atoms with E-state index in [0.29, 0.717) is 17.5 Å². The minimum Gasteiger partial charge on any atom is -0.328 e. The Kier molecular flexibility index (Phi) is 5.22. The van der Waals surface area contributed by atoms with Crippen molar-refractivity contribution in [3.8, 4) is 0 Å². The van der Waals surface area contributed by atoms with Gasteiger partial charge in [-0.1, -0.05) is 13.8 Å². The summed E-state index contributed by atoms with van der Waals surface area (Å²) in [6.07, 6.45) is 4.87. The van der Waals surface area contributed by atoms with Crippen LogP contribution in [0.25, 0.3) is 0 Å². The summed E-state index contributed by atoms with van der Waals surface area (Å²) in [5, 5.41) is 3.71. The van der Waals surface area contributed by atoms with Crippen LogP contribution in [-0.2, 0) is 0 Å². The Balaban J connectivity index is 2.23. The Morgan fingerprint density at radius 2 is 1.75 bits per heavy atom. The van der Waals surface area contributed by atoms with E-state index in [1.54, 1.807) is 0 Å². The number of hydrogen-bond donors (Lipinski definition) is 2. The van der Waals surface area contributed by atoms with Gasteiger partial charge in [0.15, 0.2) is 0 Å². The van der Waals surface area contributed by atoms with E-state index in [1.807, 2.05) is 0 Å². The van der Waals surface area contributed by atoms with E-state index < -0.39 is 0 Å². The van der Waals surface area contributed by atoms with Crippen molar-refractivity contribution in [1.82, 2.24) is 10.2 Å². The fraction of sp³-hybridized carbons (Fsp3) is 1.00. The van der Waals surface area contributed by atoms with Crippen molar-refractivity contribution >= 4 is 0 Å². The molecule has 0 amide bonds. The van der Waals surface area contributed by atoms with Crippen molar-refractivity contribution in [3.05, 3.63) is 0 Å². The van der Waals surface area contributed by atoms with E-state index in [9.17, 15) is 0 Å². The molecule has 0 aromatic rings. The third-order valence-electron chi connectivity index (χ3n) is 3.39. The predicted octanol–water partition coefficient (Wildman–Crippen LogP) is 1.43. The van der Waals surface area contributed by atoms with Crippen LogP contribution in [0, 0.1) is 5.41 Å². The van der Waals surface area contributed by atoms with Crippen molar-refractivity contribution in [1.29, 1.82) is 0 Å². The fourth-order valence-corrected chi connectivity index (χ4v) is 2.66. The van der Waals surface area contributed by atoms with Crippen LogP contribution in [-0.4, -0.2) is 44.2 Å². The Bertz CT molecular complexity index is 193. The van der Waals surface area contributed by atoms with E-state index in [4.69, 9.17) is 5.73 Å². The van der Waals surface area contributed by atoms with E-state index >= 15 is 0 Å². The van der Waals surface area contributed by atoms with Gasteiger partial charge in [0.2, 0.25) is 0 Å². The molecule has 1 saturated carbocycles. The molecule has 0 aromatic heterocycles. The number of rotatable bonds is 5. The predicted molar refractivity (Wildman–Crippen MR) is 70.6 cm³/mol. The molecule has 0 spiro atoms. The minimum atomic E-state index is 0.350. The zero-order valence-corrected chi connectivity index (χ0v) is 11.4. The first-order valence-corrected chi connectivity index (χ1v) is 6.53. The largest absolute Gasteiger partial charge is 0.328 e. The van der Waals surface area contributed by atoms with Crippen LogP contribution in [0.3, 0.4) is 0 Å². The average Bonchev–Trinajstić information content (AvgIpc) is 2.15. The van der Waals surface area contributed by atoms with Gasteiger partial charge >= 0.3 is 0 Å². The third kappa shape index (κ3) is 5.28. The number of nitrogens with zero attached hydrogens (tertiary/aromatic N) is 1. The number of nitrogens with one attached hydrogen (secondary N) is 1. The minimum absolute atomic E-state index is 0.350. The van der Waals surface area contributed by atoms with Crippen LogP contribution in [0.5, 0.6) is 0 Å². The van der Waals surface area contributed by atoms with Gasteiger partial charge < -0.3 is 16.0 Å². The first kappa shape index (κ1) is 13.9. The first-order chi connectivity index (χ1) is 7.39. The molecular weight excluding hydrogens is 198 g/mol. The molecule has 0 heterocycles. The Labute approximate surface area is 101 Å². The molecule has 0 unspecified atom stereocenters. The molecule has 16 heavy (non-hydrogen) atoms. The van der Waals surface area contributed by atoms with Gasteiger partial charge in [-0.25, -0.2) is 0 Å². The molecule has 1 rings (SSSR count). The van der Waals surface area contributed by atoms with Crippen LogP contribution in [0.15, 0.2) is 0 Å². The second-order valence-electron chi connectivity index (χ2n) is 6.39. The third-order valence-corrected chi connectivity index (χ3v) is 3.39. The van der Waals surface area contributed by atoms with E-state index in [2.05, 4.69) is 38.2 Å². The van der Waals surface area contributed by atoms with Crippen molar-refractivity contribution in [2.75, 3.05) is 27.2 Å². The molecular formula is C13H29N3. The van der Waals surface area contributed by atoms with Gasteiger partial charge in [0.05, 0.1) is 0 Å². The van der Waals surface area contributed by atoms with Crippen molar-refractivity contribution < 1.29 is 0 Å². The lowest BCUT2D eigenvalue weighted by molar-refractivity contribution is 0.214. The van der Waals surface area contributed by atoms with Crippen LogP contribution >= 0.6 is 0 Å². The Hall–Kier alpha value is -0.120. The smallest absolute Gasteiger partial charge is 0.00684 e. The molecule has 0 aliphatic heterocycles. The molecule has 0 atom stereocenters. The van der Waals surface area contributed by atoms with Crippen molar-refractivity contribution in [2.24, 2.45) is 11.1 Å². The average molecular weight is 227 g/mol. The highest BCUT2D eigenvalue weighted by Crippen LogP contribution is 2.19. The summed E-state index contributed by atoms with van der Waals surface area (Å²) < 4.78 is 0. The number of nitrogens with two attached hydrogens (primary N) is 1. The van der Waals surface area contributed by atoms with Gasteiger partial charge in [-0.15, -0.1) is 0 Å². The molecule has 0 radical (unpaired) electrons. The molecule has 0 saturated heterocycles. The van der Waals surface area contributed by atoms with Gasteiger partial charge in [0.1, 0.15) is 0 Å². The molecule has 1 fully saturated rings. The van der Waals surface area contributed by atoms with Gasteiger partial charge in [-0.2, -0.15) is 0 Å². The summed E-state index contributed by atoms with van der Waals surface area (Å²) >= 11 is 0. The van der Waals surface area contributed by atoms with Crippen LogP contribution in [0.2, 0.25) is 0 Å². The molecule has 1 aliphatic rings. The highest BCUT2D eigenvalue weighted by Gasteiger charge is 2.23. The van der Waals surface area contributed by atoms with Crippen LogP contribution < -0.4 is 11.1 Å². The summed E-state index contributed by atoms with van der Waals surface area (Å²) in [6, 6.07) is 1.15. The molecule has 3 heteroatoms. The fourth-order valence-electron chi connectivity index (χ4n) is 2.66. The lowest BCUT2D eigenvalue weighted by Crippen LogP contribution is -2.44. The highest BCUT2D eigenvalue weighted by atomic mass is 15.1. The number of hydrogen-bond acceptors (Lipinski definition) is 3. The lowest BCUT2D eigenvalue weighted by atomic mass is 9.89. The van der Waals surface area contributed by atoms with Gasteiger partial charge in [-0.05, 0) is 45.2 Å². The summed E-state index contributed by atoms with van der Waals surface area (Å²) in [4.78, 5) is 2.26. The van der Waals surface area contributed by atoms with E-state index in [1.165, 1.54) is 25.7 Å². The van der Waals surface area contributed by atoms with Crippen molar-refractivity contribution in [3.63, 3.8) is 0 Å². The molecule has 0 bridgehead atoms. The SMILES string of the molecule is CN(C)CC(C)(C)CNC1CCC(N)CC1. The maximum atomic E-state index is 5.91. The van der Waals surface area contributed by atoms with Crippen molar-refractivity contribution in [2.45, 2.75) is 51.6 Å².